The molecule has 0 bridgehead atoms. The van der Waals surface area contributed by atoms with Crippen molar-refractivity contribution < 1.29 is 38.5 Å². The largest absolute Gasteiger partial charge is 0.481 e. The maximum Gasteiger partial charge on any atom is 0.308 e. The lowest BCUT2D eigenvalue weighted by molar-refractivity contribution is -0.135. The normalized spacial score (nSPS) is 10.0. The van der Waals surface area contributed by atoms with Crippen LogP contribution in [0.4, 0.5) is 0 Å². The van der Waals surface area contributed by atoms with Crippen molar-refractivity contribution in [2.45, 2.75) is 27.7 Å². The van der Waals surface area contributed by atoms with Crippen molar-refractivity contribution >= 4 is 34.8 Å². The van der Waals surface area contributed by atoms with Gasteiger partial charge >= 0.3 is 17.9 Å². The SMILES string of the molecule is CC(=O)O.CC(=O)Oc1ccc(-c2cn(C)c3c(OC(C)=O)ccc(OC(C)=O)c3c2=O)cc1. The zero-order valence-corrected chi connectivity index (χ0v) is 19.2. The van der Waals surface area contributed by atoms with Crippen LogP contribution in [0, 0.1) is 0 Å². The third-order valence-electron chi connectivity index (χ3n) is 4.18. The van der Waals surface area contributed by atoms with Crippen LogP contribution in [-0.4, -0.2) is 33.6 Å². The van der Waals surface area contributed by atoms with Gasteiger partial charge in [0.25, 0.3) is 5.97 Å². The van der Waals surface area contributed by atoms with Gasteiger partial charge in [-0.05, 0) is 29.8 Å². The van der Waals surface area contributed by atoms with Gasteiger partial charge in [-0.15, -0.1) is 0 Å². The Morgan fingerprint density at radius 3 is 1.74 bits per heavy atom. The van der Waals surface area contributed by atoms with Crippen LogP contribution < -0.4 is 19.6 Å². The molecule has 1 aromatic heterocycles. The summed E-state index contributed by atoms with van der Waals surface area (Å²) in [6.45, 7) is 4.86. The molecule has 3 rings (SSSR count). The number of esters is 3. The van der Waals surface area contributed by atoms with E-state index in [1.54, 1.807) is 42.1 Å². The van der Waals surface area contributed by atoms with Gasteiger partial charge in [-0.1, -0.05) is 12.1 Å². The summed E-state index contributed by atoms with van der Waals surface area (Å²) in [4.78, 5) is 56.5. The Kier molecular flexibility index (Phi) is 8.27. The Balaban J connectivity index is 0.000000945. The highest BCUT2D eigenvalue weighted by molar-refractivity contribution is 5.95. The van der Waals surface area contributed by atoms with Crippen LogP contribution in [0.3, 0.4) is 0 Å². The zero-order chi connectivity index (χ0) is 25.6. The van der Waals surface area contributed by atoms with Crippen LogP contribution in [-0.2, 0) is 26.2 Å². The Morgan fingerprint density at radius 1 is 0.765 bits per heavy atom. The fourth-order valence-electron chi connectivity index (χ4n) is 3.13. The first-order valence-electron chi connectivity index (χ1n) is 9.92. The van der Waals surface area contributed by atoms with Gasteiger partial charge in [0, 0.05) is 46.5 Å². The molecular weight excluding hydrogens is 446 g/mol. The van der Waals surface area contributed by atoms with E-state index in [0.717, 1.165) is 6.92 Å². The second-order valence-electron chi connectivity index (χ2n) is 7.09. The van der Waals surface area contributed by atoms with Gasteiger partial charge in [0.05, 0.1) is 10.9 Å². The van der Waals surface area contributed by atoms with Crippen LogP contribution >= 0.6 is 0 Å². The van der Waals surface area contributed by atoms with E-state index in [9.17, 15) is 19.2 Å². The maximum absolute atomic E-state index is 13.4. The summed E-state index contributed by atoms with van der Waals surface area (Å²) < 4.78 is 17.1. The van der Waals surface area contributed by atoms with E-state index in [0.29, 0.717) is 22.4 Å². The number of benzene rings is 2. The van der Waals surface area contributed by atoms with Crippen molar-refractivity contribution in [2.24, 2.45) is 7.05 Å². The molecule has 0 saturated carbocycles. The molecule has 0 aliphatic heterocycles. The minimum atomic E-state index is -0.833. The van der Waals surface area contributed by atoms with Gasteiger partial charge in [0.2, 0.25) is 5.43 Å². The van der Waals surface area contributed by atoms with E-state index in [1.807, 2.05) is 0 Å². The van der Waals surface area contributed by atoms with Crippen LogP contribution in [0.25, 0.3) is 22.0 Å². The third-order valence-corrected chi connectivity index (χ3v) is 4.18. The van der Waals surface area contributed by atoms with E-state index < -0.39 is 29.3 Å². The molecule has 10 nitrogen and oxygen atoms in total. The number of aliphatic carboxylic acids is 1. The minimum Gasteiger partial charge on any atom is -0.481 e. The molecule has 0 aliphatic rings. The lowest BCUT2D eigenvalue weighted by Gasteiger charge is -2.15. The fraction of sp³-hybridized carbons (Fsp3) is 0.208. The van der Waals surface area contributed by atoms with Gasteiger partial charge in [-0.2, -0.15) is 0 Å². The molecule has 34 heavy (non-hydrogen) atoms. The van der Waals surface area contributed by atoms with E-state index in [2.05, 4.69) is 0 Å². The molecule has 0 spiro atoms. The van der Waals surface area contributed by atoms with Crippen molar-refractivity contribution in [1.82, 2.24) is 4.57 Å². The zero-order valence-electron chi connectivity index (χ0n) is 19.2. The number of carbonyl (C=O) groups is 4. The van der Waals surface area contributed by atoms with E-state index >= 15 is 0 Å². The summed E-state index contributed by atoms with van der Waals surface area (Å²) >= 11 is 0. The van der Waals surface area contributed by atoms with Crippen molar-refractivity contribution in [2.75, 3.05) is 0 Å². The first-order valence-corrected chi connectivity index (χ1v) is 9.92. The number of rotatable bonds is 4. The van der Waals surface area contributed by atoms with E-state index in [1.165, 1.54) is 32.9 Å². The molecule has 0 radical (unpaired) electrons. The third kappa shape index (κ3) is 6.52. The fourth-order valence-corrected chi connectivity index (χ4v) is 3.13. The number of aromatic nitrogens is 1. The predicted octanol–water partition coefficient (Wildman–Crippen LogP) is 3.07. The predicted molar refractivity (Wildman–Crippen MR) is 122 cm³/mol. The van der Waals surface area contributed by atoms with Crippen molar-refractivity contribution in [3.63, 3.8) is 0 Å². The maximum atomic E-state index is 13.4. The number of ether oxygens (including phenoxy) is 3. The molecule has 178 valence electrons. The summed E-state index contributed by atoms with van der Waals surface area (Å²) in [5.41, 5.74) is 0.802. The lowest BCUT2D eigenvalue weighted by Crippen LogP contribution is -2.15. The number of carboxylic acids is 1. The molecule has 0 saturated heterocycles. The number of carboxylic acid groups (broad SMARTS) is 1. The number of nitrogens with zero attached hydrogens (tertiary/aromatic N) is 1. The standard InChI is InChI=1S/C22H19NO7.C2H4O2/c1-12(24)28-16-7-5-15(6-8-16)17-11-23(4)21-19(30-14(3)26)10-9-18(29-13(2)25)20(21)22(17)27;1-2(3)4/h5-11H,1-4H3;1H3,(H,3,4). The van der Waals surface area contributed by atoms with Crippen molar-refractivity contribution in [3.05, 3.63) is 52.8 Å². The Bertz CT molecular complexity index is 1320. The molecule has 0 amide bonds. The number of hydrogen-bond acceptors (Lipinski definition) is 8. The van der Waals surface area contributed by atoms with Crippen molar-refractivity contribution in [1.29, 1.82) is 0 Å². The minimum absolute atomic E-state index is 0.0624. The van der Waals surface area contributed by atoms with Crippen molar-refractivity contribution in [3.8, 4) is 28.4 Å². The number of carbonyl (C=O) groups excluding carboxylic acids is 3. The highest BCUT2D eigenvalue weighted by atomic mass is 16.5. The van der Waals surface area contributed by atoms with Gasteiger partial charge in [-0.25, -0.2) is 0 Å². The summed E-state index contributed by atoms with van der Waals surface area (Å²) in [6, 6.07) is 9.31. The van der Waals surface area contributed by atoms with E-state index in [4.69, 9.17) is 24.1 Å². The molecule has 2 aromatic carbocycles. The van der Waals surface area contributed by atoms with Gasteiger partial charge in [0.15, 0.2) is 5.75 Å². The molecule has 0 atom stereocenters. The summed E-state index contributed by atoms with van der Waals surface area (Å²) in [6.07, 6.45) is 1.59. The molecule has 1 heterocycles. The molecule has 0 aliphatic carbocycles. The van der Waals surface area contributed by atoms with E-state index in [-0.39, 0.29) is 16.9 Å². The summed E-state index contributed by atoms with van der Waals surface area (Å²) in [5.74, 6) is -1.84. The smallest absolute Gasteiger partial charge is 0.308 e. The highest BCUT2D eigenvalue weighted by Crippen LogP contribution is 2.33. The molecule has 0 fully saturated rings. The first-order chi connectivity index (χ1) is 15.9. The van der Waals surface area contributed by atoms with Gasteiger partial charge < -0.3 is 23.9 Å². The number of fused-ring (bicyclic) bond motifs is 1. The first kappa shape index (κ1) is 25.8. The monoisotopic (exact) mass is 469 g/mol. The van der Waals surface area contributed by atoms with Crippen LogP contribution in [0.1, 0.15) is 27.7 Å². The quantitative estimate of drug-likeness (QED) is 0.451. The average molecular weight is 469 g/mol. The average Bonchev–Trinajstić information content (AvgIpc) is 2.70. The molecular formula is C24H23NO9. The summed E-state index contributed by atoms with van der Waals surface area (Å²) in [5, 5.41) is 7.52. The van der Waals surface area contributed by atoms with Crippen LogP contribution in [0.2, 0.25) is 0 Å². The lowest BCUT2D eigenvalue weighted by atomic mass is 10.0. The topological polar surface area (TPSA) is 138 Å². The number of aryl methyl sites for hydroxylation is 1. The molecule has 1 N–H and O–H groups in total. The van der Waals surface area contributed by atoms with Crippen LogP contribution in [0.15, 0.2) is 47.4 Å². The number of hydrogen-bond donors (Lipinski definition) is 1. The van der Waals surface area contributed by atoms with Crippen LogP contribution in [0.5, 0.6) is 17.2 Å². The Labute approximate surface area is 194 Å². The number of pyridine rings is 1. The Morgan fingerprint density at radius 2 is 1.24 bits per heavy atom. The second-order valence-corrected chi connectivity index (χ2v) is 7.09. The van der Waals surface area contributed by atoms with Gasteiger partial charge in [-0.3, -0.25) is 24.0 Å². The summed E-state index contributed by atoms with van der Waals surface area (Å²) in [7, 11) is 1.68. The molecule has 0 unspecified atom stereocenters. The Hall–Kier alpha value is -4.47. The molecule has 3 aromatic rings. The molecule has 10 heteroatoms. The second kappa shape index (κ2) is 10.9. The van der Waals surface area contributed by atoms with Gasteiger partial charge in [0.1, 0.15) is 11.5 Å². The highest BCUT2D eigenvalue weighted by Gasteiger charge is 2.19.